The van der Waals surface area contributed by atoms with E-state index >= 15 is 0 Å². The van der Waals surface area contributed by atoms with Crippen LogP contribution in [0.15, 0.2) is 65.4 Å². The Labute approximate surface area is 198 Å². The molecule has 1 atom stereocenters. The Balaban J connectivity index is 1.45. The number of fused-ring (bicyclic) bond motifs is 2. The number of methoxy groups -OCH3 is 1. The largest absolute Gasteiger partial charge is 0.497 e. The Hall–Kier alpha value is -4.73. The minimum atomic E-state index is -1.61. The zero-order valence-electron chi connectivity index (χ0n) is 18.9. The smallest absolute Gasteiger partial charge is 0.322 e. The van der Waals surface area contributed by atoms with E-state index in [0.29, 0.717) is 16.8 Å². The molecule has 0 aliphatic carbocycles. The van der Waals surface area contributed by atoms with E-state index in [9.17, 15) is 14.7 Å². The van der Waals surface area contributed by atoms with Gasteiger partial charge in [0.25, 0.3) is 5.91 Å². The number of imide groups is 1. The zero-order valence-corrected chi connectivity index (χ0v) is 18.9. The summed E-state index contributed by atoms with van der Waals surface area (Å²) in [6, 6.07) is 14.2. The lowest BCUT2D eigenvalue weighted by Gasteiger charge is -2.23. The van der Waals surface area contributed by atoms with Crippen LogP contribution in [0.25, 0.3) is 32.9 Å². The van der Waals surface area contributed by atoms with E-state index in [-0.39, 0.29) is 18.2 Å². The van der Waals surface area contributed by atoms with E-state index < -0.39 is 17.5 Å². The quantitative estimate of drug-likeness (QED) is 0.338. The van der Waals surface area contributed by atoms with Gasteiger partial charge in [0.05, 0.1) is 13.7 Å². The van der Waals surface area contributed by atoms with Crippen LogP contribution in [0.3, 0.4) is 0 Å². The van der Waals surface area contributed by atoms with Crippen LogP contribution in [0.1, 0.15) is 5.76 Å². The monoisotopic (exact) mass is 471 g/mol. The zero-order chi connectivity index (χ0) is 24.3. The summed E-state index contributed by atoms with van der Waals surface area (Å²) in [6.07, 6.45) is 3.63. The van der Waals surface area contributed by atoms with Crippen LogP contribution in [0.2, 0.25) is 0 Å². The number of aryl methyl sites for hydroxylation is 1. The molecule has 1 aliphatic heterocycles. The summed E-state index contributed by atoms with van der Waals surface area (Å²) >= 11 is 0. The number of nitrogens with zero attached hydrogens (tertiary/aromatic N) is 3. The standard InChI is InChI=1S/C25H21N5O5/c1-29-12-18(16-5-3-4-6-20(16)29)19-10-21(35-28-19)25(23(32)26-24(33)27-25)13-30-11-14-7-8-15(34-2)9-17(14)22(30)31/h3-12,31H,13H2,1-2H3,(H2,26,27,32,33)/t25-/m0/s1. The summed E-state index contributed by atoms with van der Waals surface area (Å²) in [4.78, 5) is 25.3. The van der Waals surface area contributed by atoms with Gasteiger partial charge < -0.3 is 28.8 Å². The molecule has 1 saturated heterocycles. The summed E-state index contributed by atoms with van der Waals surface area (Å²) in [5.74, 6) is 0.0690. The van der Waals surface area contributed by atoms with Crippen molar-refractivity contribution < 1.29 is 24.0 Å². The summed E-state index contributed by atoms with van der Waals surface area (Å²) in [5.41, 5.74) is 0.771. The molecule has 0 spiro atoms. The molecule has 0 saturated carbocycles. The van der Waals surface area contributed by atoms with Gasteiger partial charge in [-0.3, -0.25) is 10.1 Å². The van der Waals surface area contributed by atoms with Gasteiger partial charge in [-0.05, 0) is 24.3 Å². The normalized spacial score (nSPS) is 17.8. The maximum atomic E-state index is 13.1. The Morgan fingerprint density at radius 2 is 1.94 bits per heavy atom. The number of hydrogen-bond acceptors (Lipinski definition) is 6. The van der Waals surface area contributed by atoms with Gasteiger partial charge in [0.1, 0.15) is 11.4 Å². The first-order valence-electron chi connectivity index (χ1n) is 10.9. The van der Waals surface area contributed by atoms with Crippen molar-refractivity contribution in [1.82, 2.24) is 24.9 Å². The molecule has 1 fully saturated rings. The lowest BCUT2D eigenvalue weighted by molar-refractivity contribution is -0.125. The van der Waals surface area contributed by atoms with Crippen LogP contribution in [0, 0.1) is 0 Å². The van der Waals surface area contributed by atoms with Gasteiger partial charge in [0, 0.05) is 52.7 Å². The van der Waals surface area contributed by atoms with Gasteiger partial charge in [-0.15, -0.1) is 0 Å². The van der Waals surface area contributed by atoms with E-state index in [0.717, 1.165) is 21.9 Å². The maximum absolute atomic E-state index is 13.1. The number of aromatic hydroxyl groups is 1. The Morgan fingerprint density at radius 1 is 1.11 bits per heavy atom. The summed E-state index contributed by atoms with van der Waals surface area (Å²) in [7, 11) is 3.48. The van der Waals surface area contributed by atoms with Crippen molar-refractivity contribution in [3.8, 4) is 22.9 Å². The first-order chi connectivity index (χ1) is 16.9. The third kappa shape index (κ3) is 3.07. The molecule has 5 aromatic rings. The highest BCUT2D eigenvalue weighted by Gasteiger charge is 2.51. The van der Waals surface area contributed by atoms with Crippen molar-refractivity contribution in [2.75, 3.05) is 7.11 Å². The lowest BCUT2D eigenvalue weighted by atomic mass is 9.95. The van der Waals surface area contributed by atoms with E-state index in [1.165, 1.54) is 4.57 Å². The molecule has 0 unspecified atom stereocenters. The van der Waals surface area contributed by atoms with Crippen LogP contribution in [-0.4, -0.2) is 38.4 Å². The number of amides is 3. The Morgan fingerprint density at radius 3 is 2.71 bits per heavy atom. The van der Waals surface area contributed by atoms with Crippen LogP contribution >= 0.6 is 0 Å². The number of benzene rings is 2. The van der Waals surface area contributed by atoms with Gasteiger partial charge in [-0.2, -0.15) is 0 Å². The van der Waals surface area contributed by atoms with Crippen LogP contribution in [0.5, 0.6) is 11.6 Å². The number of hydrogen-bond donors (Lipinski definition) is 3. The van der Waals surface area contributed by atoms with E-state index in [2.05, 4.69) is 15.8 Å². The number of nitrogens with one attached hydrogen (secondary N) is 2. The molecular formula is C25H21N5O5. The molecule has 6 rings (SSSR count). The SMILES string of the molecule is COc1ccc2cn(C[C@@]3(c4cc(-c5cn(C)c6ccccc56)no4)NC(=O)NC3=O)c(O)c2c1. The number of carbonyl (C=O) groups is 2. The van der Waals surface area contributed by atoms with Crippen LogP contribution in [0.4, 0.5) is 4.79 Å². The van der Waals surface area contributed by atoms with Crippen molar-refractivity contribution >= 4 is 33.6 Å². The summed E-state index contributed by atoms with van der Waals surface area (Å²) in [5, 5.41) is 22.4. The molecule has 0 bridgehead atoms. The van der Waals surface area contributed by atoms with Crippen molar-refractivity contribution in [1.29, 1.82) is 0 Å². The maximum Gasteiger partial charge on any atom is 0.322 e. The van der Waals surface area contributed by atoms with Gasteiger partial charge in [-0.25, -0.2) is 4.79 Å². The number of urea groups is 1. The molecule has 3 aromatic heterocycles. The predicted molar refractivity (Wildman–Crippen MR) is 127 cm³/mol. The second-order valence-corrected chi connectivity index (χ2v) is 8.59. The topological polar surface area (TPSA) is 124 Å². The molecule has 0 radical (unpaired) electrons. The van der Waals surface area contributed by atoms with Gasteiger partial charge in [-0.1, -0.05) is 23.4 Å². The Bertz CT molecular complexity index is 1640. The minimum Gasteiger partial charge on any atom is -0.497 e. The highest BCUT2D eigenvalue weighted by atomic mass is 16.5. The predicted octanol–water partition coefficient (Wildman–Crippen LogP) is 3.24. The summed E-state index contributed by atoms with van der Waals surface area (Å²) in [6.45, 7) is -0.114. The minimum absolute atomic E-state index is 0.0685. The van der Waals surface area contributed by atoms with Gasteiger partial charge >= 0.3 is 6.03 Å². The van der Waals surface area contributed by atoms with Gasteiger partial charge in [0.2, 0.25) is 0 Å². The molecule has 4 heterocycles. The van der Waals surface area contributed by atoms with E-state index in [1.54, 1.807) is 37.6 Å². The van der Waals surface area contributed by atoms with E-state index in [1.807, 2.05) is 42.1 Å². The molecule has 2 aromatic carbocycles. The molecular weight excluding hydrogens is 450 g/mol. The lowest BCUT2D eigenvalue weighted by Crippen LogP contribution is -2.47. The van der Waals surface area contributed by atoms with Crippen LogP contribution in [-0.2, 0) is 23.9 Å². The third-order valence-corrected chi connectivity index (χ3v) is 6.52. The molecule has 176 valence electrons. The third-order valence-electron chi connectivity index (χ3n) is 6.52. The fourth-order valence-electron chi connectivity index (χ4n) is 4.73. The average Bonchev–Trinajstić information content (AvgIpc) is 3.60. The molecule has 10 nitrogen and oxygen atoms in total. The van der Waals surface area contributed by atoms with Crippen molar-refractivity contribution in [3.05, 3.63) is 66.7 Å². The van der Waals surface area contributed by atoms with E-state index in [4.69, 9.17) is 9.26 Å². The number of rotatable bonds is 5. The highest BCUT2D eigenvalue weighted by molar-refractivity contribution is 6.07. The molecule has 1 aliphatic rings. The number of para-hydroxylation sites is 1. The van der Waals surface area contributed by atoms with Crippen LogP contribution < -0.4 is 15.4 Å². The Kier molecular flexibility index (Phi) is 4.40. The number of aromatic nitrogens is 3. The second kappa shape index (κ2) is 7.39. The number of carbonyl (C=O) groups excluding carboxylic acids is 2. The molecule has 10 heteroatoms. The number of ether oxygens (including phenoxy) is 1. The fraction of sp³-hybridized carbons (Fsp3) is 0.160. The van der Waals surface area contributed by atoms with Crippen molar-refractivity contribution in [2.24, 2.45) is 7.05 Å². The average molecular weight is 471 g/mol. The molecule has 3 N–H and O–H groups in total. The molecule has 3 amide bonds. The second-order valence-electron chi connectivity index (χ2n) is 8.59. The van der Waals surface area contributed by atoms with Crippen molar-refractivity contribution in [3.63, 3.8) is 0 Å². The first-order valence-corrected chi connectivity index (χ1v) is 10.9. The summed E-state index contributed by atoms with van der Waals surface area (Å²) < 4.78 is 14.4. The highest BCUT2D eigenvalue weighted by Crippen LogP contribution is 2.37. The van der Waals surface area contributed by atoms with Gasteiger partial charge in [0.15, 0.2) is 17.2 Å². The van der Waals surface area contributed by atoms with Crippen molar-refractivity contribution in [2.45, 2.75) is 12.1 Å². The first kappa shape index (κ1) is 20.8. The fourth-order valence-corrected chi connectivity index (χ4v) is 4.73. The molecule has 35 heavy (non-hydrogen) atoms.